The number of aryl methyl sites for hydroxylation is 1. The normalized spacial score (nSPS) is 12.9. The van der Waals surface area contributed by atoms with E-state index >= 15 is 0 Å². The molecule has 5 nitrogen and oxygen atoms in total. The highest BCUT2D eigenvalue weighted by molar-refractivity contribution is 6.33. The fourth-order valence-corrected chi connectivity index (χ4v) is 2.91. The van der Waals surface area contributed by atoms with E-state index in [0.29, 0.717) is 34.1 Å². The van der Waals surface area contributed by atoms with Crippen LogP contribution >= 0.6 is 11.6 Å². The molecule has 0 aliphatic heterocycles. The van der Waals surface area contributed by atoms with Gasteiger partial charge in [-0.2, -0.15) is 18.3 Å². The Labute approximate surface area is 154 Å². The van der Waals surface area contributed by atoms with Crippen molar-refractivity contribution >= 4 is 17.3 Å². The molecule has 2 aromatic rings. The Hall–Kier alpha value is -1.93. The van der Waals surface area contributed by atoms with Gasteiger partial charge in [0, 0.05) is 17.3 Å². The first kappa shape index (κ1) is 20.4. The van der Waals surface area contributed by atoms with Crippen LogP contribution in [0.3, 0.4) is 0 Å². The number of halogens is 4. The van der Waals surface area contributed by atoms with Crippen LogP contribution in [-0.2, 0) is 13.0 Å². The van der Waals surface area contributed by atoms with E-state index in [-0.39, 0.29) is 18.8 Å². The van der Waals surface area contributed by atoms with Crippen molar-refractivity contribution in [3.8, 4) is 17.0 Å². The Morgan fingerprint density at radius 3 is 2.62 bits per heavy atom. The van der Waals surface area contributed by atoms with Gasteiger partial charge in [0.1, 0.15) is 11.8 Å². The van der Waals surface area contributed by atoms with E-state index in [1.54, 1.807) is 10.7 Å². The molecule has 0 unspecified atom stereocenters. The van der Waals surface area contributed by atoms with Gasteiger partial charge >= 0.3 is 6.18 Å². The van der Waals surface area contributed by atoms with E-state index < -0.39 is 12.2 Å². The number of hydrogen-bond donors (Lipinski definition) is 2. The zero-order valence-corrected chi connectivity index (χ0v) is 15.4. The first-order valence-corrected chi connectivity index (χ1v) is 8.48. The molecule has 0 saturated carbocycles. The molecule has 26 heavy (non-hydrogen) atoms. The number of methoxy groups -OCH3 is 1. The summed E-state index contributed by atoms with van der Waals surface area (Å²) in [6, 6.07) is 2.93. The lowest BCUT2D eigenvalue weighted by Gasteiger charge is -2.19. The van der Waals surface area contributed by atoms with E-state index in [0.717, 1.165) is 6.92 Å². The summed E-state index contributed by atoms with van der Waals surface area (Å²) in [6.07, 6.45) is -3.75. The molecule has 1 heterocycles. The third-order valence-corrected chi connectivity index (χ3v) is 4.34. The van der Waals surface area contributed by atoms with Gasteiger partial charge < -0.3 is 15.2 Å². The van der Waals surface area contributed by atoms with Crippen LogP contribution in [0.2, 0.25) is 5.02 Å². The number of aromatic nitrogens is 2. The van der Waals surface area contributed by atoms with E-state index in [4.69, 9.17) is 16.3 Å². The molecule has 0 spiro atoms. The minimum absolute atomic E-state index is 0.126. The molecule has 1 aromatic carbocycles. The number of alkyl halides is 3. The summed E-state index contributed by atoms with van der Waals surface area (Å²) < 4.78 is 45.2. The third kappa shape index (κ3) is 4.24. The molecule has 0 saturated heterocycles. The molecular weight excluding hydrogens is 371 g/mol. The Bertz CT molecular complexity index is 762. The predicted molar refractivity (Wildman–Crippen MR) is 94.8 cm³/mol. The zero-order chi connectivity index (χ0) is 19.5. The first-order valence-electron chi connectivity index (χ1n) is 8.10. The maximum atomic E-state index is 12.7. The van der Waals surface area contributed by atoms with Gasteiger partial charge in [0.2, 0.25) is 0 Å². The van der Waals surface area contributed by atoms with Crippen LogP contribution in [-0.4, -0.2) is 40.8 Å². The summed E-state index contributed by atoms with van der Waals surface area (Å²) in [5.41, 5.74) is 2.09. The summed E-state index contributed by atoms with van der Waals surface area (Å²) in [6.45, 7) is 3.06. The largest absolute Gasteiger partial charge is 0.496 e. The second-order valence-corrected chi connectivity index (χ2v) is 6.11. The van der Waals surface area contributed by atoms with E-state index in [1.807, 2.05) is 6.92 Å². The molecule has 2 N–H and O–H groups in total. The number of aliphatic hydroxyl groups is 1. The lowest BCUT2D eigenvalue weighted by atomic mass is 10.1. The number of aliphatic hydroxyl groups excluding tert-OH is 1. The molecule has 0 amide bonds. The van der Waals surface area contributed by atoms with Gasteiger partial charge in [0.15, 0.2) is 0 Å². The van der Waals surface area contributed by atoms with Crippen LogP contribution in [0.5, 0.6) is 5.75 Å². The van der Waals surface area contributed by atoms with Crippen LogP contribution in [0, 0.1) is 0 Å². The van der Waals surface area contributed by atoms with Crippen molar-refractivity contribution in [2.75, 3.05) is 19.0 Å². The topological polar surface area (TPSA) is 59.3 Å². The highest BCUT2D eigenvalue weighted by Crippen LogP contribution is 2.38. The highest BCUT2D eigenvalue weighted by Gasteiger charge is 2.36. The average molecular weight is 392 g/mol. The predicted octanol–water partition coefficient (Wildman–Crippen LogP) is 4.13. The molecule has 1 atom stereocenters. The van der Waals surface area contributed by atoms with Gasteiger partial charge in [-0.05, 0) is 25.5 Å². The van der Waals surface area contributed by atoms with E-state index in [1.165, 1.54) is 19.2 Å². The Kier molecular flexibility index (Phi) is 6.41. The molecule has 0 fully saturated rings. The second kappa shape index (κ2) is 8.18. The maximum absolute atomic E-state index is 12.7. The number of nitrogens with one attached hydrogen (secondary N) is 1. The summed E-state index contributed by atoms with van der Waals surface area (Å²) in [5.74, 6) is 0.355. The Morgan fingerprint density at radius 1 is 1.38 bits per heavy atom. The van der Waals surface area contributed by atoms with Gasteiger partial charge in [-0.1, -0.05) is 18.5 Å². The van der Waals surface area contributed by atoms with Crippen molar-refractivity contribution in [3.05, 3.63) is 28.9 Å². The van der Waals surface area contributed by atoms with Crippen molar-refractivity contribution in [3.63, 3.8) is 0 Å². The van der Waals surface area contributed by atoms with Crippen LogP contribution in [0.1, 0.15) is 19.5 Å². The van der Waals surface area contributed by atoms with Crippen molar-refractivity contribution in [1.82, 2.24) is 9.78 Å². The van der Waals surface area contributed by atoms with Gasteiger partial charge in [-0.25, -0.2) is 0 Å². The van der Waals surface area contributed by atoms with Crippen LogP contribution in [0.15, 0.2) is 18.2 Å². The average Bonchev–Trinajstić information content (AvgIpc) is 2.89. The van der Waals surface area contributed by atoms with Gasteiger partial charge in [0.25, 0.3) is 0 Å². The number of ether oxygens (including phenoxy) is 1. The van der Waals surface area contributed by atoms with Crippen molar-refractivity contribution in [2.45, 2.75) is 39.0 Å². The molecule has 144 valence electrons. The smallest absolute Gasteiger partial charge is 0.408 e. The quantitative estimate of drug-likeness (QED) is 0.745. The summed E-state index contributed by atoms with van der Waals surface area (Å²) >= 11 is 6.43. The molecule has 0 bridgehead atoms. The van der Waals surface area contributed by atoms with Crippen LogP contribution < -0.4 is 10.1 Å². The first-order chi connectivity index (χ1) is 12.2. The van der Waals surface area contributed by atoms with Gasteiger partial charge in [0.05, 0.1) is 36.7 Å². The number of benzene rings is 1. The minimum Gasteiger partial charge on any atom is -0.496 e. The van der Waals surface area contributed by atoms with Crippen molar-refractivity contribution in [2.24, 2.45) is 0 Å². The Balaban J connectivity index is 2.47. The molecular formula is C17H21ClF3N3O2. The zero-order valence-electron chi connectivity index (χ0n) is 14.7. The molecule has 0 aliphatic rings. The van der Waals surface area contributed by atoms with E-state index in [2.05, 4.69) is 10.4 Å². The molecule has 1 aromatic heterocycles. The third-order valence-electron chi connectivity index (χ3n) is 3.94. The number of nitrogens with zero attached hydrogens (tertiary/aromatic N) is 2. The number of rotatable bonds is 7. The maximum Gasteiger partial charge on any atom is 0.408 e. The fourth-order valence-electron chi connectivity index (χ4n) is 2.54. The molecule has 0 aliphatic carbocycles. The second-order valence-electron chi connectivity index (χ2n) is 5.73. The lowest BCUT2D eigenvalue weighted by Crippen LogP contribution is -2.33. The monoisotopic (exact) mass is 391 g/mol. The SMILES string of the molecule is CCc1nn(CCO)c(-c2ccc(N[C@H](C)C(F)(F)F)cc2OC)c1Cl. The molecule has 2 rings (SSSR count). The lowest BCUT2D eigenvalue weighted by molar-refractivity contribution is -0.138. The van der Waals surface area contributed by atoms with Crippen LogP contribution in [0.4, 0.5) is 18.9 Å². The summed E-state index contributed by atoms with van der Waals surface area (Å²) in [7, 11) is 1.43. The Morgan fingerprint density at radius 2 is 2.08 bits per heavy atom. The number of hydrogen-bond acceptors (Lipinski definition) is 4. The minimum atomic E-state index is -4.36. The highest BCUT2D eigenvalue weighted by atomic mass is 35.5. The molecule has 0 radical (unpaired) electrons. The fraction of sp³-hybridized carbons (Fsp3) is 0.471. The summed E-state index contributed by atoms with van der Waals surface area (Å²) in [4.78, 5) is 0. The van der Waals surface area contributed by atoms with Gasteiger partial charge in [-0.15, -0.1) is 0 Å². The van der Waals surface area contributed by atoms with Crippen molar-refractivity contribution in [1.29, 1.82) is 0 Å². The van der Waals surface area contributed by atoms with Crippen molar-refractivity contribution < 1.29 is 23.0 Å². The van der Waals surface area contributed by atoms with Crippen LogP contribution in [0.25, 0.3) is 11.3 Å². The van der Waals surface area contributed by atoms with Gasteiger partial charge in [-0.3, -0.25) is 4.68 Å². The number of anilines is 1. The summed E-state index contributed by atoms with van der Waals surface area (Å²) in [5, 5.41) is 16.5. The van der Waals surface area contributed by atoms with E-state index in [9.17, 15) is 18.3 Å². The standard InChI is InChI=1S/C17H21ClF3N3O2/c1-4-13-15(18)16(24(23-13)7-8-25)12-6-5-11(9-14(12)26-3)22-10(2)17(19,20)21/h5-6,9-10,22,25H,4,7-8H2,1-3H3/t10-/m1/s1. The molecule has 9 heteroatoms.